The molecule has 0 aromatic heterocycles. The Kier molecular flexibility index (Phi) is 69.1. The van der Waals surface area contributed by atoms with Gasteiger partial charge in [0.25, 0.3) is 0 Å². The maximum atomic E-state index is 12.9. The van der Waals surface area contributed by atoms with E-state index in [1.807, 2.05) is 0 Å². The third kappa shape index (κ3) is 68.4. The Bertz CT molecular complexity index is 1370. The van der Waals surface area contributed by atoms with Crippen LogP contribution in [0.5, 0.6) is 0 Å². The number of esters is 3. The van der Waals surface area contributed by atoms with E-state index in [0.29, 0.717) is 19.3 Å². The summed E-state index contributed by atoms with van der Waals surface area (Å²) in [5.74, 6) is -0.847. The lowest BCUT2D eigenvalue weighted by atomic mass is 10.0. The summed E-state index contributed by atoms with van der Waals surface area (Å²) < 4.78 is 17.0. The van der Waals surface area contributed by atoms with E-state index in [1.54, 1.807) is 0 Å². The van der Waals surface area contributed by atoms with Gasteiger partial charge >= 0.3 is 17.9 Å². The van der Waals surface area contributed by atoms with Crippen molar-refractivity contribution in [1.82, 2.24) is 0 Å². The molecule has 6 nitrogen and oxygen atoms in total. The van der Waals surface area contributed by atoms with Gasteiger partial charge in [0.1, 0.15) is 13.2 Å². The highest BCUT2D eigenvalue weighted by Gasteiger charge is 2.19. The lowest BCUT2D eigenvalue weighted by Crippen LogP contribution is -2.30. The second-order valence-electron chi connectivity index (χ2n) is 25.2. The van der Waals surface area contributed by atoms with E-state index >= 15 is 0 Å². The number of unbranched alkanes of at least 4 members (excludes halogenated alkanes) is 52. The Labute approximate surface area is 512 Å². The van der Waals surface area contributed by atoms with Gasteiger partial charge in [-0.05, 0) is 77.0 Å². The van der Waals surface area contributed by atoms with Gasteiger partial charge in [0.05, 0.1) is 0 Å². The Morgan fingerprint density at radius 3 is 0.707 bits per heavy atom. The van der Waals surface area contributed by atoms with Crippen molar-refractivity contribution in [3.63, 3.8) is 0 Å². The van der Waals surface area contributed by atoms with Crippen molar-refractivity contribution in [2.24, 2.45) is 0 Å². The molecule has 0 saturated carbocycles. The molecule has 0 N–H and O–H groups in total. The molecule has 1 atom stereocenters. The molecule has 0 saturated heterocycles. The lowest BCUT2D eigenvalue weighted by Gasteiger charge is -2.18. The molecule has 82 heavy (non-hydrogen) atoms. The van der Waals surface area contributed by atoms with Crippen molar-refractivity contribution in [3.05, 3.63) is 36.5 Å². The molecule has 482 valence electrons. The van der Waals surface area contributed by atoms with Crippen LogP contribution in [0.1, 0.15) is 412 Å². The van der Waals surface area contributed by atoms with Gasteiger partial charge in [-0.25, -0.2) is 0 Å². The fourth-order valence-electron chi connectivity index (χ4n) is 11.3. The van der Waals surface area contributed by atoms with E-state index < -0.39 is 6.10 Å². The number of ether oxygens (including phenoxy) is 3. The number of hydrogen-bond acceptors (Lipinski definition) is 6. The molecule has 0 amide bonds. The average molecular weight is 1150 g/mol. The van der Waals surface area contributed by atoms with E-state index in [1.165, 1.54) is 302 Å². The SMILES string of the molecule is CCCCC/C=C\CCCCCCCC(=O)OCC(COC(=O)CCCCCCCCCCCCCCCCCCCCCCCCC/C=C\C/C=C\CCCCCCC)OC(=O)CCCCCCCCCCCCCCCCCCC. The van der Waals surface area contributed by atoms with Gasteiger partial charge < -0.3 is 14.2 Å². The van der Waals surface area contributed by atoms with Gasteiger partial charge in [0, 0.05) is 19.3 Å². The zero-order valence-corrected chi connectivity index (χ0v) is 55.5. The van der Waals surface area contributed by atoms with Crippen molar-refractivity contribution in [2.45, 2.75) is 419 Å². The zero-order valence-electron chi connectivity index (χ0n) is 55.5. The van der Waals surface area contributed by atoms with Crippen LogP contribution >= 0.6 is 0 Å². The van der Waals surface area contributed by atoms with E-state index in [0.717, 1.165) is 70.6 Å². The molecule has 0 aliphatic rings. The molecule has 0 aliphatic heterocycles. The van der Waals surface area contributed by atoms with Crippen LogP contribution < -0.4 is 0 Å². The molecule has 0 heterocycles. The van der Waals surface area contributed by atoms with E-state index in [4.69, 9.17) is 14.2 Å². The van der Waals surface area contributed by atoms with E-state index in [2.05, 4.69) is 57.2 Å². The van der Waals surface area contributed by atoms with Crippen LogP contribution in [0.3, 0.4) is 0 Å². The fraction of sp³-hybridized carbons (Fsp3) is 0.882. The zero-order chi connectivity index (χ0) is 59.2. The minimum absolute atomic E-state index is 0.0679. The van der Waals surface area contributed by atoms with Crippen LogP contribution in [0.4, 0.5) is 0 Å². The van der Waals surface area contributed by atoms with Crippen LogP contribution in [-0.2, 0) is 28.6 Å². The van der Waals surface area contributed by atoms with Crippen LogP contribution in [0.15, 0.2) is 36.5 Å². The number of carbonyl (C=O) groups is 3. The van der Waals surface area contributed by atoms with Gasteiger partial charge in [0.2, 0.25) is 0 Å². The first-order chi connectivity index (χ1) is 40.5. The Morgan fingerprint density at radius 1 is 0.244 bits per heavy atom. The van der Waals surface area contributed by atoms with Crippen LogP contribution in [-0.4, -0.2) is 37.2 Å². The number of carbonyl (C=O) groups excluding carboxylic acids is 3. The van der Waals surface area contributed by atoms with E-state index in [-0.39, 0.29) is 31.1 Å². The lowest BCUT2D eigenvalue weighted by molar-refractivity contribution is -0.167. The fourth-order valence-corrected chi connectivity index (χ4v) is 11.3. The van der Waals surface area contributed by atoms with Crippen molar-refractivity contribution in [3.8, 4) is 0 Å². The minimum Gasteiger partial charge on any atom is -0.462 e. The first kappa shape index (κ1) is 79.6. The summed E-state index contributed by atoms with van der Waals surface area (Å²) in [5, 5.41) is 0. The topological polar surface area (TPSA) is 78.9 Å². The van der Waals surface area contributed by atoms with Gasteiger partial charge in [0.15, 0.2) is 6.10 Å². The van der Waals surface area contributed by atoms with E-state index in [9.17, 15) is 14.4 Å². The molecule has 6 heteroatoms. The Balaban J connectivity index is 4.05. The summed E-state index contributed by atoms with van der Waals surface area (Å²) in [6, 6.07) is 0. The smallest absolute Gasteiger partial charge is 0.306 e. The Hall–Kier alpha value is -2.37. The molecule has 0 bridgehead atoms. The molecule has 0 spiro atoms. The number of hydrogen-bond donors (Lipinski definition) is 0. The first-order valence-corrected chi connectivity index (χ1v) is 37.0. The highest BCUT2D eigenvalue weighted by atomic mass is 16.6. The summed E-state index contributed by atoms with van der Waals surface area (Å²) in [5.41, 5.74) is 0. The molecule has 0 rings (SSSR count). The summed E-state index contributed by atoms with van der Waals surface area (Å²) in [4.78, 5) is 38.4. The number of allylic oxidation sites excluding steroid dienone is 6. The van der Waals surface area contributed by atoms with Gasteiger partial charge in [-0.1, -0.05) is 353 Å². The highest BCUT2D eigenvalue weighted by molar-refractivity contribution is 5.71. The maximum absolute atomic E-state index is 12.9. The molecule has 0 radical (unpaired) electrons. The molecule has 0 fully saturated rings. The van der Waals surface area contributed by atoms with Crippen molar-refractivity contribution < 1.29 is 28.6 Å². The minimum atomic E-state index is -0.771. The molecular weight excluding hydrogens is 1010 g/mol. The quantitative estimate of drug-likeness (QED) is 0.0261. The maximum Gasteiger partial charge on any atom is 0.306 e. The standard InChI is InChI=1S/C76H142O6/c1-4-7-10-13-16-19-22-25-27-29-30-31-32-33-34-35-36-37-38-39-40-41-42-43-44-45-46-48-49-51-54-57-60-63-66-69-75(78)81-72-73(71-80-74(77)68-65-62-59-56-53-24-21-18-15-12-9-6-3)82-76(79)70-67-64-61-58-55-52-50-47-28-26-23-20-17-14-11-8-5-2/h18,21-22,25,29-30,73H,4-17,19-20,23-24,26-28,31-72H2,1-3H3/b21-18-,25-22-,30-29-. The third-order valence-corrected chi connectivity index (χ3v) is 16.9. The predicted molar refractivity (Wildman–Crippen MR) is 358 cm³/mol. The molecule has 1 unspecified atom stereocenters. The van der Waals surface area contributed by atoms with Gasteiger partial charge in [-0.2, -0.15) is 0 Å². The van der Waals surface area contributed by atoms with Crippen molar-refractivity contribution in [2.75, 3.05) is 13.2 Å². The molecule has 0 aromatic rings. The summed E-state index contributed by atoms with van der Waals surface area (Å²) in [6.07, 6.45) is 89.2. The second-order valence-corrected chi connectivity index (χ2v) is 25.2. The predicted octanol–water partition coefficient (Wildman–Crippen LogP) is 25.5. The van der Waals surface area contributed by atoms with Crippen molar-refractivity contribution in [1.29, 1.82) is 0 Å². The van der Waals surface area contributed by atoms with Gasteiger partial charge in [-0.3, -0.25) is 14.4 Å². The third-order valence-electron chi connectivity index (χ3n) is 16.9. The van der Waals surface area contributed by atoms with Crippen LogP contribution in [0.2, 0.25) is 0 Å². The molecule has 0 aliphatic carbocycles. The van der Waals surface area contributed by atoms with Crippen LogP contribution in [0, 0.1) is 0 Å². The first-order valence-electron chi connectivity index (χ1n) is 37.0. The monoisotopic (exact) mass is 1150 g/mol. The normalized spacial score (nSPS) is 12.2. The highest BCUT2D eigenvalue weighted by Crippen LogP contribution is 2.19. The number of rotatable bonds is 69. The summed E-state index contributed by atoms with van der Waals surface area (Å²) in [6.45, 7) is 6.67. The molecular formula is C76H142O6. The summed E-state index contributed by atoms with van der Waals surface area (Å²) >= 11 is 0. The van der Waals surface area contributed by atoms with Gasteiger partial charge in [-0.15, -0.1) is 0 Å². The summed E-state index contributed by atoms with van der Waals surface area (Å²) in [7, 11) is 0. The largest absolute Gasteiger partial charge is 0.462 e. The average Bonchev–Trinajstić information content (AvgIpc) is 3.47. The van der Waals surface area contributed by atoms with Crippen molar-refractivity contribution >= 4 is 17.9 Å². The van der Waals surface area contributed by atoms with Crippen LogP contribution in [0.25, 0.3) is 0 Å². The second kappa shape index (κ2) is 71.1. The molecule has 0 aromatic carbocycles. The Morgan fingerprint density at radius 2 is 0.439 bits per heavy atom.